The van der Waals surface area contributed by atoms with Crippen LogP contribution in [0.1, 0.15) is 31.2 Å². The molecule has 100 valence electrons. The van der Waals surface area contributed by atoms with E-state index in [2.05, 4.69) is 0 Å². The van der Waals surface area contributed by atoms with Crippen LogP contribution < -0.4 is 0 Å². The number of fused-ring (bicyclic) bond motifs is 1. The van der Waals surface area contributed by atoms with Gasteiger partial charge in [0.1, 0.15) is 6.61 Å². The van der Waals surface area contributed by atoms with E-state index in [-0.39, 0.29) is 30.3 Å². The van der Waals surface area contributed by atoms with Gasteiger partial charge in [-0.15, -0.1) is 0 Å². The lowest BCUT2D eigenvalue weighted by Crippen LogP contribution is -2.31. The molecule has 1 saturated heterocycles. The van der Waals surface area contributed by atoms with Gasteiger partial charge in [-0.25, -0.2) is 0 Å². The average molecular weight is 259 g/mol. The highest BCUT2D eigenvalue weighted by Crippen LogP contribution is 2.38. The number of carbonyl (C=O) groups is 2. The molecule has 1 aliphatic carbocycles. The van der Waals surface area contributed by atoms with E-state index in [1.807, 2.05) is 30.3 Å². The summed E-state index contributed by atoms with van der Waals surface area (Å²) in [6, 6.07) is 9.57. The number of benzene rings is 1. The third-order valence-corrected chi connectivity index (χ3v) is 4.00. The van der Waals surface area contributed by atoms with Crippen LogP contribution >= 0.6 is 0 Å². The van der Waals surface area contributed by atoms with Crippen LogP contribution in [0.15, 0.2) is 30.3 Å². The molecule has 0 N–H and O–H groups in total. The molecule has 19 heavy (non-hydrogen) atoms. The lowest BCUT2D eigenvalue weighted by molar-refractivity contribution is -0.193. The van der Waals surface area contributed by atoms with Gasteiger partial charge in [0, 0.05) is 0 Å². The minimum atomic E-state index is -0.148. The number of hydrogen-bond acceptors (Lipinski definition) is 3. The Morgan fingerprint density at radius 2 is 1.58 bits per heavy atom. The Morgan fingerprint density at radius 3 is 2.16 bits per heavy atom. The van der Waals surface area contributed by atoms with Crippen LogP contribution in [0.25, 0.3) is 0 Å². The van der Waals surface area contributed by atoms with Crippen LogP contribution in [0.3, 0.4) is 0 Å². The molecule has 2 amide bonds. The van der Waals surface area contributed by atoms with Gasteiger partial charge >= 0.3 is 0 Å². The van der Waals surface area contributed by atoms with Gasteiger partial charge in [0.25, 0.3) is 11.8 Å². The molecule has 4 heteroatoms. The van der Waals surface area contributed by atoms with Crippen molar-refractivity contribution in [1.82, 2.24) is 5.06 Å². The summed E-state index contributed by atoms with van der Waals surface area (Å²) in [5.74, 6) is -0.578. The summed E-state index contributed by atoms with van der Waals surface area (Å²) in [5.41, 5.74) is 0.956. The Labute approximate surface area is 112 Å². The molecule has 2 aliphatic rings. The number of rotatable bonds is 3. The first kappa shape index (κ1) is 12.4. The molecule has 2 atom stereocenters. The summed E-state index contributed by atoms with van der Waals surface area (Å²) in [7, 11) is 0. The molecule has 3 rings (SSSR count). The summed E-state index contributed by atoms with van der Waals surface area (Å²) in [6.45, 7) is 0.262. The topological polar surface area (TPSA) is 46.6 Å². The Morgan fingerprint density at radius 1 is 1.00 bits per heavy atom. The van der Waals surface area contributed by atoms with Gasteiger partial charge in [0.2, 0.25) is 0 Å². The Hall–Kier alpha value is -1.68. The van der Waals surface area contributed by atoms with E-state index in [9.17, 15) is 9.59 Å². The van der Waals surface area contributed by atoms with E-state index in [0.29, 0.717) is 0 Å². The fraction of sp³-hybridized carbons (Fsp3) is 0.467. The van der Waals surface area contributed by atoms with Gasteiger partial charge in [-0.05, 0) is 18.4 Å². The maximum Gasteiger partial charge on any atom is 0.257 e. The minimum absolute atomic E-state index is 0.142. The van der Waals surface area contributed by atoms with E-state index < -0.39 is 0 Å². The highest BCUT2D eigenvalue weighted by Gasteiger charge is 2.49. The normalized spacial score (nSPS) is 26.6. The van der Waals surface area contributed by atoms with E-state index in [1.54, 1.807) is 0 Å². The zero-order valence-corrected chi connectivity index (χ0v) is 10.7. The monoisotopic (exact) mass is 259 g/mol. The molecule has 4 nitrogen and oxygen atoms in total. The third kappa shape index (κ3) is 2.28. The quantitative estimate of drug-likeness (QED) is 0.782. The summed E-state index contributed by atoms with van der Waals surface area (Å²) in [5, 5.41) is 1.01. The maximum atomic E-state index is 12.2. The second-order valence-corrected chi connectivity index (χ2v) is 5.23. The van der Waals surface area contributed by atoms with Gasteiger partial charge in [0.05, 0.1) is 11.8 Å². The predicted molar refractivity (Wildman–Crippen MR) is 68.5 cm³/mol. The first-order chi connectivity index (χ1) is 9.27. The minimum Gasteiger partial charge on any atom is -0.272 e. The highest BCUT2D eigenvalue weighted by molar-refractivity contribution is 6.04. The molecule has 1 saturated carbocycles. The van der Waals surface area contributed by atoms with Gasteiger partial charge in [-0.2, -0.15) is 5.06 Å². The highest BCUT2D eigenvalue weighted by atomic mass is 16.7. The largest absolute Gasteiger partial charge is 0.272 e. The predicted octanol–water partition coefficient (Wildman–Crippen LogP) is 2.29. The summed E-state index contributed by atoms with van der Waals surface area (Å²) < 4.78 is 0. The molecule has 0 unspecified atom stereocenters. The summed E-state index contributed by atoms with van der Waals surface area (Å²) in [4.78, 5) is 29.7. The van der Waals surface area contributed by atoms with Crippen LogP contribution in [0.5, 0.6) is 0 Å². The standard InChI is InChI=1S/C15H17NO3/c17-14-12-8-4-5-9-13(12)15(18)16(14)19-10-11-6-2-1-3-7-11/h1-3,6-7,12-13H,4-5,8-10H2/t12-,13-/m0/s1. The first-order valence-corrected chi connectivity index (χ1v) is 6.82. The number of amides is 2. The van der Waals surface area contributed by atoms with Gasteiger partial charge in [0.15, 0.2) is 0 Å². The van der Waals surface area contributed by atoms with E-state index in [1.165, 1.54) is 0 Å². The Kier molecular flexibility index (Phi) is 3.34. The molecule has 0 radical (unpaired) electrons. The van der Waals surface area contributed by atoms with Gasteiger partial charge < -0.3 is 0 Å². The second kappa shape index (κ2) is 5.13. The Balaban J connectivity index is 1.68. The van der Waals surface area contributed by atoms with Gasteiger partial charge in [-0.3, -0.25) is 14.4 Å². The van der Waals surface area contributed by atoms with Crippen molar-refractivity contribution < 1.29 is 14.4 Å². The van der Waals surface area contributed by atoms with Crippen molar-refractivity contribution >= 4 is 11.8 Å². The number of hydroxylamine groups is 2. The Bertz CT molecular complexity index is 461. The van der Waals surface area contributed by atoms with Crippen molar-refractivity contribution in [1.29, 1.82) is 0 Å². The lowest BCUT2D eigenvalue weighted by Gasteiger charge is -2.19. The van der Waals surface area contributed by atoms with Gasteiger partial charge in [-0.1, -0.05) is 43.2 Å². The van der Waals surface area contributed by atoms with Crippen molar-refractivity contribution in [2.45, 2.75) is 32.3 Å². The molecular formula is C15H17NO3. The van der Waals surface area contributed by atoms with Crippen molar-refractivity contribution in [3.63, 3.8) is 0 Å². The zero-order valence-electron chi connectivity index (χ0n) is 10.7. The second-order valence-electron chi connectivity index (χ2n) is 5.23. The van der Waals surface area contributed by atoms with E-state index in [4.69, 9.17) is 4.84 Å². The van der Waals surface area contributed by atoms with Crippen molar-refractivity contribution in [3.8, 4) is 0 Å². The van der Waals surface area contributed by atoms with E-state index in [0.717, 1.165) is 36.3 Å². The van der Waals surface area contributed by atoms with E-state index >= 15 is 0 Å². The fourth-order valence-corrected chi connectivity index (χ4v) is 2.97. The molecule has 1 aliphatic heterocycles. The van der Waals surface area contributed by atoms with Crippen LogP contribution in [0.4, 0.5) is 0 Å². The first-order valence-electron chi connectivity index (χ1n) is 6.82. The zero-order chi connectivity index (χ0) is 13.2. The van der Waals surface area contributed by atoms with Crippen LogP contribution in [-0.2, 0) is 21.0 Å². The molecule has 0 aromatic heterocycles. The molecule has 0 bridgehead atoms. The fourth-order valence-electron chi connectivity index (χ4n) is 2.97. The van der Waals surface area contributed by atoms with Crippen LogP contribution in [0.2, 0.25) is 0 Å². The van der Waals surface area contributed by atoms with Crippen molar-refractivity contribution in [2.24, 2.45) is 11.8 Å². The third-order valence-electron chi connectivity index (χ3n) is 4.00. The lowest BCUT2D eigenvalue weighted by atomic mass is 9.81. The number of nitrogens with zero attached hydrogens (tertiary/aromatic N) is 1. The van der Waals surface area contributed by atoms with Crippen LogP contribution in [0, 0.1) is 11.8 Å². The maximum absolute atomic E-state index is 12.2. The smallest absolute Gasteiger partial charge is 0.257 e. The molecule has 1 aromatic carbocycles. The average Bonchev–Trinajstić information content (AvgIpc) is 2.71. The number of carbonyl (C=O) groups excluding carboxylic acids is 2. The molecule has 0 spiro atoms. The summed E-state index contributed by atoms with van der Waals surface area (Å²) >= 11 is 0. The molecular weight excluding hydrogens is 242 g/mol. The van der Waals surface area contributed by atoms with Crippen molar-refractivity contribution in [2.75, 3.05) is 0 Å². The molecule has 1 heterocycles. The van der Waals surface area contributed by atoms with Crippen molar-refractivity contribution in [3.05, 3.63) is 35.9 Å². The molecule has 2 fully saturated rings. The summed E-state index contributed by atoms with van der Waals surface area (Å²) in [6.07, 6.45) is 3.71. The number of imide groups is 1. The number of hydrogen-bond donors (Lipinski definition) is 0. The molecule has 1 aromatic rings. The van der Waals surface area contributed by atoms with Crippen LogP contribution in [-0.4, -0.2) is 16.9 Å². The SMILES string of the molecule is O=C1[C@H]2CCCC[C@@H]2C(=O)N1OCc1ccccc1.